The first-order chi connectivity index (χ1) is 10.1. The highest BCUT2D eigenvalue weighted by atomic mass is 35.5. The molecule has 0 radical (unpaired) electrons. The zero-order valence-electron chi connectivity index (χ0n) is 13.0. The van der Waals surface area contributed by atoms with Gasteiger partial charge >= 0.3 is 0 Å². The molecule has 0 atom stereocenters. The van der Waals surface area contributed by atoms with E-state index in [0.29, 0.717) is 18.4 Å². The predicted octanol–water partition coefficient (Wildman–Crippen LogP) is 5.19. The van der Waals surface area contributed by atoms with Crippen molar-refractivity contribution in [1.82, 2.24) is 0 Å². The summed E-state index contributed by atoms with van der Waals surface area (Å²) in [6, 6.07) is 10.3. The number of benzene rings is 2. The number of fused-ring (bicyclic) bond motifs is 1. The molecule has 0 aliphatic heterocycles. The highest BCUT2D eigenvalue weighted by Crippen LogP contribution is 2.30. The molecule has 0 unspecified atom stereocenters. The minimum absolute atomic E-state index is 0.526. The van der Waals surface area contributed by atoms with Gasteiger partial charge in [0.1, 0.15) is 11.5 Å². The van der Waals surface area contributed by atoms with Gasteiger partial charge < -0.3 is 9.47 Å². The van der Waals surface area contributed by atoms with E-state index in [9.17, 15) is 0 Å². The van der Waals surface area contributed by atoms with Gasteiger partial charge in [-0.25, -0.2) is 0 Å². The molecule has 0 aliphatic rings. The second-order valence-corrected chi connectivity index (χ2v) is 6.05. The van der Waals surface area contributed by atoms with Crippen molar-refractivity contribution in [2.24, 2.45) is 5.92 Å². The Morgan fingerprint density at radius 3 is 2.62 bits per heavy atom. The highest BCUT2D eigenvalue weighted by molar-refractivity contribution is 6.17. The molecule has 0 N–H and O–H groups in total. The molecule has 2 nitrogen and oxygen atoms in total. The highest BCUT2D eigenvalue weighted by Gasteiger charge is 2.07. The molecule has 0 heterocycles. The van der Waals surface area contributed by atoms with E-state index in [1.165, 1.54) is 16.3 Å². The molecule has 0 saturated carbocycles. The summed E-state index contributed by atoms with van der Waals surface area (Å²) >= 11 is 5.66. The minimum atomic E-state index is 0.526. The predicted molar refractivity (Wildman–Crippen MR) is 89.9 cm³/mol. The van der Waals surface area contributed by atoms with E-state index in [4.69, 9.17) is 21.1 Å². The van der Waals surface area contributed by atoms with Crippen LogP contribution in [0.2, 0.25) is 0 Å². The summed E-state index contributed by atoms with van der Waals surface area (Å²) in [5, 5.41) is 2.38. The first-order valence-corrected chi connectivity index (χ1v) is 8.00. The molecule has 2 rings (SSSR count). The topological polar surface area (TPSA) is 18.5 Å². The lowest BCUT2D eigenvalue weighted by atomic mass is 10.0. The van der Waals surface area contributed by atoms with Gasteiger partial charge in [-0.05, 0) is 53.8 Å². The third-order valence-corrected chi connectivity index (χ3v) is 3.60. The molecular formula is C18H23ClO2. The summed E-state index contributed by atoms with van der Waals surface area (Å²) in [7, 11) is 0. The largest absolute Gasteiger partial charge is 0.494 e. The smallest absolute Gasteiger partial charge is 0.122 e. The first kappa shape index (κ1) is 16.0. The molecule has 0 saturated heterocycles. The van der Waals surface area contributed by atoms with E-state index in [1.54, 1.807) is 0 Å². The van der Waals surface area contributed by atoms with E-state index < -0.39 is 0 Å². The van der Waals surface area contributed by atoms with Crippen molar-refractivity contribution in [3.05, 3.63) is 35.9 Å². The van der Waals surface area contributed by atoms with Crippen molar-refractivity contribution < 1.29 is 9.47 Å². The Kier molecular flexibility index (Phi) is 5.75. The van der Waals surface area contributed by atoms with E-state index in [0.717, 1.165) is 24.5 Å². The van der Waals surface area contributed by atoms with Crippen molar-refractivity contribution in [3.8, 4) is 11.5 Å². The first-order valence-electron chi connectivity index (χ1n) is 7.46. The fourth-order valence-corrected chi connectivity index (χ4v) is 2.30. The SMILES string of the molecule is Cc1c(OCC(C)C)ccc2cc(OCCCCl)ccc12. The van der Waals surface area contributed by atoms with Crippen LogP contribution in [-0.2, 0) is 0 Å². The van der Waals surface area contributed by atoms with Crippen molar-refractivity contribution in [3.63, 3.8) is 0 Å². The van der Waals surface area contributed by atoms with Gasteiger partial charge in [-0.15, -0.1) is 11.6 Å². The van der Waals surface area contributed by atoms with Gasteiger partial charge in [0.25, 0.3) is 0 Å². The van der Waals surface area contributed by atoms with E-state index in [2.05, 4.69) is 39.0 Å². The Balaban J connectivity index is 2.19. The Hall–Kier alpha value is -1.41. The summed E-state index contributed by atoms with van der Waals surface area (Å²) in [5.74, 6) is 3.01. The van der Waals surface area contributed by atoms with Crippen LogP contribution in [-0.4, -0.2) is 19.1 Å². The van der Waals surface area contributed by atoms with Gasteiger partial charge in [-0.1, -0.05) is 26.0 Å². The standard InChI is InChI=1S/C18H23ClO2/c1-13(2)12-21-18-8-5-15-11-16(20-10-4-9-19)6-7-17(15)14(18)3/h5-8,11,13H,4,9-10,12H2,1-3H3. The summed E-state index contributed by atoms with van der Waals surface area (Å²) in [6.07, 6.45) is 0.862. The number of ether oxygens (including phenoxy) is 2. The second-order valence-electron chi connectivity index (χ2n) is 5.67. The van der Waals surface area contributed by atoms with E-state index >= 15 is 0 Å². The van der Waals surface area contributed by atoms with Crippen LogP contribution in [0.1, 0.15) is 25.8 Å². The zero-order chi connectivity index (χ0) is 15.2. The molecule has 0 bridgehead atoms. The van der Waals surface area contributed by atoms with Crippen molar-refractivity contribution in [2.45, 2.75) is 27.2 Å². The van der Waals surface area contributed by atoms with Crippen molar-refractivity contribution >= 4 is 22.4 Å². The Morgan fingerprint density at radius 1 is 1.10 bits per heavy atom. The van der Waals surface area contributed by atoms with Crippen LogP contribution in [0, 0.1) is 12.8 Å². The Morgan fingerprint density at radius 2 is 1.90 bits per heavy atom. The van der Waals surface area contributed by atoms with Gasteiger partial charge in [-0.3, -0.25) is 0 Å². The van der Waals surface area contributed by atoms with Crippen LogP contribution < -0.4 is 9.47 Å². The lowest BCUT2D eigenvalue weighted by Crippen LogP contribution is -2.05. The molecule has 3 heteroatoms. The Bertz CT molecular complexity index is 593. The maximum absolute atomic E-state index is 5.87. The van der Waals surface area contributed by atoms with Crippen LogP contribution in [0.4, 0.5) is 0 Å². The van der Waals surface area contributed by atoms with Crippen LogP contribution in [0.3, 0.4) is 0 Å². The molecule has 0 amide bonds. The quantitative estimate of drug-likeness (QED) is 0.517. The van der Waals surface area contributed by atoms with Crippen molar-refractivity contribution in [2.75, 3.05) is 19.1 Å². The number of aryl methyl sites for hydroxylation is 1. The summed E-state index contributed by atoms with van der Waals surface area (Å²) in [6.45, 7) is 7.81. The van der Waals surface area contributed by atoms with Crippen LogP contribution in [0.25, 0.3) is 10.8 Å². The average Bonchev–Trinajstić information content (AvgIpc) is 2.46. The number of hydrogen-bond donors (Lipinski definition) is 0. The number of rotatable bonds is 7. The summed E-state index contributed by atoms with van der Waals surface area (Å²) < 4.78 is 11.6. The molecule has 0 aliphatic carbocycles. The third-order valence-electron chi connectivity index (χ3n) is 3.33. The third kappa shape index (κ3) is 4.28. The second kappa shape index (κ2) is 7.56. The Labute approximate surface area is 132 Å². The normalized spacial score (nSPS) is 11.1. The van der Waals surface area contributed by atoms with E-state index in [1.807, 2.05) is 12.1 Å². The summed E-state index contributed by atoms with van der Waals surface area (Å²) in [5.41, 5.74) is 1.18. The van der Waals surface area contributed by atoms with Crippen LogP contribution >= 0.6 is 11.6 Å². The molecule has 0 fully saturated rings. The van der Waals surface area contributed by atoms with Crippen LogP contribution in [0.15, 0.2) is 30.3 Å². The fourth-order valence-electron chi connectivity index (χ4n) is 2.19. The molecule has 0 aromatic heterocycles. The van der Waals surface area contributed by atoms with Gasteiger partial charge in [0.05, 0.1) is 13.2 Å². The molecule has 2 aromatic carbocycles. The average molecular weight is 307 g/mol. The molecule has 2 aromatic rings. The molecular weight excluding hydrogens is 284 g/mol. The fraction of sp³-hybridized carbons (Fsp3) is 0.444. The maximum Gasteiger partial charge on any atom is 0.122 e. The van der Waals surface area contributed by atoms with E-state index in [-0.39, 0.29) is 0 Å². The van der Waals surface area contributed by atoms with Crippen molar-refractivity contribution in [1.29, 1.82) is 0 Å². The minimum Gasteiger partial charge on any atom is -0.494 e. The number of alkyl halides is 1. The summed E-state index contributed by atoms with van der Waals surface area (Å²) in [4.78, 5) is 0. The number of hydrogen-bond acceptors (Lipinski definition) is 2. The lowest BCUT2D eigenvalue weighted by Gasteiger charge is -2.14. The van der Waals surface area contributed by atoms with Gasteiger partial charge in [0.15, 0.2) is 0 Å². The maximum atomic E-state index is 5.87. The monoisotopic (exact) mass is 306 g/mol. The lowest BCUT2D eigenvalue weighted by molar-refractivity contribution is 0.270. The molecule has 0 spiro atoms. The van der Waals surface area contributed by atoms with Gasteiger partial charge in [-0.2, -0.15) is 0 Å². The molecule has 114 valence electrons. The van der Waals surface area contributed by atoms with Gasteiger partial charge in [0, 0.05) is 5.88 Å². The zero-order valence-corrected chi connectivity index (χ0v) is 13.7. The molecule has 21 heavy (non-hydrogen) atoms. The van der Waals surface area contributed by atoms with Gasteiger partial charge in [0.2, 0.25) is 0 Å². The van der Waals surface area contributed by atoms with Crippen LogP contribution in [0.5, 0.6) is 11.5 Å². The number of halogens is 1.